The zero-order valence-electron chi connectivity index (χ0n) is 50.8. The predicted octanol–water partition coefficient (Wildman–Crippen LogP) is -3.33. The number of unbranched alkanes of at least 4 members (excludes halogenated alkanes) is 1. The maximum atomic E-state index is 14.3. The van der Waals surface area contributed by atoms with Crippen molar-refractivity contribution in [2.45, 2.75) is 159 Å². The van der Waals surface area contributed by atoms with Crippen LogP contribution in [0, 0.1) is 11.8 Å². The molecule has 3 rings (SSSR count). The Balaban J connectivity index is 1.80. The highest BCUT2D eigenvalue weighted by atomic mass is 16.4. The summed E-state index contributed by atoms with van der Waals surface area (Å²) in [5.74, 6) is -13.8. The largest absolute Gasteiger partial charge is 0.508 e. The molecule has 0 unspecified atom stereocenters. The molecule has 32 nitrogen and oxygen atoms in total. The van der Waals surface area contributed by atoms with Crippen molar-refractivity contribution in [2.75, 3.05) is 26.2 Å². The topological polar surface area (TPSA) is 546 Å². The zero-order chi connectivity index (χ0) is 67.2. The number of aliphatic hydroxyl groups excluding tert-OH is 1. The van der Waals surface area contributed by atoms with Gasteiger partial charge in [0.2, 0.25) is 53.2 Å². The van der Waals surface area contributed by atoms with E-state index in [1.54, 1.807) is 52.1 Å². The van der Waals surface area contributed by atoms with E-state index in [9.17, 15) is 78.0 Å². The van der Waals surface area contributed by atoms with Gasteiger partial charge >= 0.3 is 17.9 Å². The number of aromatic hydroxyl groups is 1. The number of nitrogens with zero attached hydrogens (tertiary/aromatic N) is 1. The Bertz CT molecular complexity index is 2970. The summed E-state index contributed by atoms with van der Waals surface area (Å²) in [6.07, 6.45) is -0.204. The zero-order valence-corrected chi connectivity index (χ0v) is 50.8. The Hall–Kier alpha value is -9.43. The number of H-pyrrole nitrogens is 1. The van der Waals surface area contributed by atoms with Crippen LogP contribution < -0.4 is 70.8 Å². The monoisotopic (exact) mass is 1270 g/mol. The number of carboxylic acid groups (broad SMARTS) is 3. The number of aromatic nitrogens is 1. The lowest BCUT2D eigenvalue weighted by Crippen LogP contribution is -2.60. The molecule has 1 heterocycles. The van der Waals surface area contributed by atoms with Gasteiger partial charge in [0.15, 0.2) is 5.96 Å². The number of para-hydroxylation sites is 1. The molecule has 0 saturated carbocycles. The number of aliphatic hydroxyl groups is 1. The second kappa shape index (κ2) is 38.1. The minimum atomic E-state index is -1.75. The summed E-state index contributed by atoms with van der Waals surface area (Å²) in [6, 6.07) is -0.392. The number of carbonyl (C=O) groups excluding carboxylic acids is 9. The second-order valence-corrected chi connectivity index (χ2v) is 22.2. The normalized spacial score (nSPS) is 14.1. The van der Waals surface area contributed by atoms with Gasteiger partial charge in [-0.3, -0.25) is 57.7 Å². The van der Waals surface area contributed by atoms with Crippen LogP contribution in [0.3, 0.4) is 0 Å². The molecule has 23 N–H and O–H groups in total. The van der Waals surface area contributed by atoms with Crippen molar-refractivity contribution in [1.82, 2.24) is 52.8 Å². The quantitative estimate of drug-likeness (QED) is 0.0150. The maximum Gasteiger partial charge on any atom is 0.326 e. The van der Waals surface area contributed by atoms with E-state index in [-0.39, 0.29) is 82.1 Å². The highest BCUT2D eigenvalue weighted by molar-refractivity contribution is 5.98. The molecule has 0 aliphatic heterocycles. The summed E-state index contributed by atoms with van der Waals surface area (Å²) in [5.41, 5.74) is 24.2. The van der Waals surface area contributed by atoms with Gasteiger partial charge in [-0.15, -0.1) is 0 Å². The van der Waals surface area contributed by atoms with E-state index in [1.807, 2.05) is 6.07 Å². The molecular formula is C58H87N15O17. The summed E-state index contributed by atoms with van der Waals surface area (Å²) < 4.78 is 0. The fraction of sp³-hybridized carbons (Fsp3) is 0.534. The van der Waals surface area contributed by atoms with Crippen LogP contribution in [-0.2, 0) is 70.4 Å². The minimum absolute atomic E-state index is 0.0317. The number of benzene rings is 2. The molecular weight excluding hydrogens is 1180 g/mol. The Morgan fingerprint density at radius 1 is 0.567 bits per heavy atom. The molecule has 0 spiro atoms. The maximum absolute atomic E-state index is 14.3. The number of amides is 9. The van der Waals surface area contributed by atoms with E-state index in [1.165, 1.54) is 24.3 Å². The predicted molar refractivity (Wildman–Crippen MR) is 326 cm³/mol. The molecule has 90 heavy (non-hydrogen) atoms. The molecule has 0 fully saturated rings. The fourth-order valence-corrected chi connectivity index (χ4v) is 9.13. The first-order chi connectivity index (χ1) is 42.5. The number of nitrogens with two attached hydrogens (primary N) is 4. The first-order valence-corrected chi connectivity index (χ1v) is 29.3. The lowest BCUT2D eigenvalue weighted by Gasteiger charge is -2.28. The van der Waals surface area contributed by atoms with Crippen molar-refractivity contribution < 1.29 is 83.1 Å². The van der Waals surface area contributed by atoms with Crippen LogP contribution in [0.15, 0.2) is 59.7 Å². The summed E-state index contributed by atoms with van der Waals surface area (Å²) in [6.45, 7) is 4.93. The summed E-state index contributed by atoms with van der Waals surface area (Å²) in [7, 11) is 0. The van der Waals surface area contributed by atoms with Gasteiger partial charge in [0.1, 0.15) is 54.1 Å². The van der Waals surface area contributed by atoms with Crippen LogP contribution in [0.5, 0.6) is 5.75 Å². The number of nitrogens with one attached hydrogen (secondary N) is 10. The average molecular weight is 1270 g/mol. The van der Waals surface area contributed by atoms with Crippen molar-refractivity contribution in [3.63, 3.8) is 0 Å². The van der Waals surface area contributed by atoms with Crippen LogP contribution in [0.4, 0.5) is 0 Å². The standard InChI is InChI=1S/C58H87N15O17/c1-30(2)24-41(53(85)71-42(25-32-14-16-34(75)17-15-32)54(86)73-48(31(3)4)56(88)72-43(57(89)90)26-33-27-64-37-11-6-5-10-35(33)37)70-55(87)44(29-74)66-45(76)28-65-50(82)38(13-9-23-63-58(61)62)68-51(83)39(12-7-8-22-59)69-52(84)40(19-21-47(79)80)67-49(81)36(60)18-20-46(77)78/h5-6,10-11,14-17,27,30-31,36,38-44,48,64,74-75H,7-9,12-13,18-26,28-29,59-60H2,1-4H3,(H,65,82)(H,66,76)(H,67,81)(H,68,83)(H,69,84)(H,70,87)(H,71,85)(H,72,88)(H,73,86)(H,77,78)(H,79,80)(H,89,90)(H4,61,62,63)/t36-,38-,39-,40-,41-,42-,43-,44-,48-/m0/s1. The van der Waals surface area contributed by atoms with Gasteiger partial charge in [-0.05, 0) is 99.1 Å². The number of hydrogen-bond acceptors (Lipinski definition) is 17. The molecule has 3 aromatic rings. The molecule has 0 aliphatic rings. The molecule has 0 radical (unpaired) electrons. The van der Waals surface area contributed by atoms with Gasteiger partial charge in [0.25, 0.3) is 0 Å². The summed E-state index contributed by atoms with van der Waals surface area (Å²) in [4.78, 5) is 166. The van der Waals surface area contributed by atoms with Crippen LogP contribution >= 0.6 is 0 Å². The third-order valence-electron chi connectivity index (χ3n) is 14.0. The third-order valence-corrected chi connectivity index (χ3v) is 14.0. The average Bonchev–Trinajstić information content (AvgIpc) is 1.77. The Morgan fingerprint density at radius 3 is 1.69 bits per heavy atom. The van der Waals surface area contributed by atoms with Crippen LogP contribution in [0.1, 0.15) is 103 Å². The minimum Gasteiger partial charge on any atom is -0.508 e. The van der Waals surface area contributed by atoms with Crippen LogP contribution in [-0.4, -0.2) is 188 Å². The first-order valence-electron chi connectivity index (χ1n) is 29.3. The van der Waals surface area contributed by atoms with Gasteiger partial charge in [-0.2, -0.15) is 0 Å². The van der Waals surface area contributed by atoms with Gasteiger partial charge in [0, 0.05) is 49.3 Å². The van der Waals surface area contributed by atoms with Crippen molar-refractivity contribution >= 4 is 87.9 Å². The van der Waals surface area contributed by atoms with Gasteiger partial charge < -0.3 is 101 Å². The van der Waals surface area contributed by atoms with E-state index in [2.05, 4.69) is 57.8 Å². The number of guanidine groups is 1. The number of phenolic OH excluding ortho intramolecular Hbond substituents is 1. The van der Waals surface area contributed by atoms with E-state index < -0.39 is 164 Å². The van der Waals surface area contributed by atoms with Crippen LogP contribution in [0.25, 0.3) is 10.9 Å². The Labute approximate surface area is 519 Å². The molecule has 496 valence electrons. The van der Waals surface area contributed by atoms with Crippen molar-refractivity contribution in [2.24, 2.45) is 39.8 Å². The number of carboxylic acids is 3. The smallest absolute Gasteiger partial charge is 0.326 e. The number of carbonyl (C=O) groups is 12. The Kier molecular flexibility index (Phi) is 31.7. The molecule has 0 bridgehead atoms. The Morgan fingerprint density at radius 2 is 1.10 bits per heavy atom. The van der Waals surface area contributed by atoms with E-state index in [0.717, 1.165) is 10.9 Å². The third kappa shape index (κ3) is 26.5. The van der Waals surface area contributed by atoms with Crippen molar-refractivity contribution in [3.05, 3.63) is 65.9 Å². The summed E-state index contributed by atoms with van der Waals surface area (Å²) in [5, 5.41) is 71.9. The molecule has 0 aliphatic carbocycles. The van der Waals surface area contributed by atoms with E-state index >= 15 is 0 Å². The van der Waals surface area contributed by atoms with Gasteiger partial charge in [-0.25, -0.2) is 4.79 Å². The lowest BCUT2D eigenvalue weighted by molar-refractivity contribution is -0.142. The number of rotatable bonds is 41. The number of phenols is 1. The fourth-order valence-electron chi connectivity index (χ4n) is 9.13. The summed E-state index contributed by atoms with van der Waals surface area (Å²) >= 11 is 0. The number of aliphatic imine (C=N–C) groups is 1. The molecule has 9 amide bonds. The molecule has 2 aromatic carbocycles. The van der Waals surface area contributed by atoms with Crippen molar-refractivity contribution in [1.29, 1.82) is 0 Å². The van der Waals surface area contributed by atoms with Crippen molar-refractivity contribution in [3.8, 4) is 5.75 Å². The molecule has 0 saturated heterocycles. The molecule has 32 heteroatoms. The number of aliphatic carboxylic acids is 3. The number of fused-ring (bicyclic) bond motifs is 1. The number of aromatic amines is 1. The highest BCUT2D eigenvalue weighted by Gasteiger charge is 2.36. The second-order valence-electron chi connectivity index (χ2n) is 22.2. The highest BCUT2D eigenvalue weighted by Crippen LogP contribution is 2.20. The van der Waals surface area contributed by atoms with Gasteiger partial charge in [0.05, 0.1) is 19.2 Å². The van der Waals surface area contributed by atoms with Crippen LogP contribution in [0.2, 0.25) is 0 Å². The molecule has 9 atom stereocenters. The first kappa shape index (κ1) is 74.8. The molecule has 1 aromatic heterocycles. The SMILES string of the molecule is CC(C)C[C@H](NC(=O)[C@H](CO)NC(=O)CNC(=O)[C@H](CCCN=C(N)N)NC(=O)[C@H](CCCCN)NC(=O)[C@H](CCC(=O)O)NC(=O)[C@@H](N)CCC(=O)O)C(=O)N[C@@H](Cc1ccc(O)cc1)C(=O)N[C@H](C(=O)N[C@@H](Cc1c[nH]c2ccccc12)C(=O)O)C(C)C. The van der Waals surface area contributed by atoms with E-state index in [4.69, 9.17) is 28.0 Å². The number of hydrogen-bond donors (Lipinski definition) is 19. The van der Waals surface area contributed by atoms with E-state index in [0.29, 0.717) is 17.5 Å². The van der Waals surface area contributed by atoms with Gasteiger partial charge in [-0.1, -0.05) is 58.0 Å². The lowest BCUT2D eigenvalue weighted by atomic mass is 9.98.